The molecule has 6 heteroatoms. The third kappa shape index (κ3) is 2.78. The number of carboxylic acids is 1. The lowest BCUT2D eigenvalue weighted by Gasteiger charge is -2.31. The minimum Gasteiger partial charge on any atom is -0.478 e. The van der Waals surface area contributed by atoms with Crippen molar-refractivity contribution in [3.8, 4) is 0 Å². The number of aliphatic hydroxyl groups is 1. The molecule has 1 aliphatic rings. The van der Waals surface area contributed by atoms with E-state index in [-0.39, 0.29) is 18.3 Å². The summed E-state index contributed by atoms with van der Waals surface area (Å²) in [7, 11) is 0. The van der Waals surface area contributed by atoms with Crippen LogP contribution < -0.4 is 0 Å². The Morgan fingerprint density at radius 2 is 2.19 bits per heavy atom. The lowest BCUT2D eigenvalue weighted by molar-refractivity contribution is -0.0564. The van der Waals surface area contributed by atoms with Gasteiger partial charge in [0.15, 0.2) is 0 Å². The number of para-hydroxylation sites is 1. The Kier molecular flexibility index (Phi) is 3.92. The van der Waals surface area contributed by atoms with Crippen LogP contribution >= 0.6 is 0 Å². The predicted molar refractivity (Wildman–Crippen MR) is 75.3 cm³/mol. The van der Waals surface area contributed by atoms with E-state index in [1.165, 1.54) is 0 Å². The van der Waals surface area contributed by atoms with Crippen molar-refractivity contribution in [2.24, 2.45) is 0 Å². The molecule has 0 amide bonds. The molecule has 21 heavy (non-hydrogen) atoms. The summed E-state index contributed by atoms with van der Waals surface area (Å²) in [6.07, 6.45) is -0.226. The number of benzene rings is 1. The highest BCUT2D eigenvalue weighted by Gasteiger charge is 2.25. The lowest BCUT2D eigenvalue weighted by atomic mass is 10.1. The molecule has 1 aromatic carbocycles. The van der Waals surface area contributed by atoms with E-state index in [0.717, 1.165) is 0 Å². The molecule has 6 nitrogen and oxygen atoms in total. The molecule has 1 aliphatic heterocycles. The van der Waals surface area contributed by atoms with Gasteiger partial charge in [-0.15, -0.1) is 0 Å². The van der Waals surface area contributed by atoms with E-state index in [4.69, 9.17) is 14.3 Å². The molecule has 0 radical (unpaired) electrons. The molecular formula is C15H17NO5. The van der Waals surface area contributed by atoms with Gasteiger partial charge in [-0.25, -0.2) is 4.79 Å². The smallest absolute Gasteiger partial charge is 0.339 e. The van der Waals surface area contributed by atoms with Crippen LogP contribution in [-0.2, 0) is 11.3 Å². The van der Waals surface area contributed by atoms with Crippen molar-refractivity contribution < 1.29 is 24.2 Å². The first-order valence-corrected chi connectivity index (χ1v) is 6.87. The molecular weight excluding hydrogens is 274 g/mol. The minimum absolute atomic E-state index is 0.0393. The Labute approximate surface area is 121 Å². The molecule has 3 rings (SSSR count). The minimum atomic E-state index is -0.984. The molecule has 1 unspecified atom stereocenters. The second-order valence-electron chi connectivity index (χ2n) is 5.11. The van der Waals surface area contributed by atoms with E-state index >= 15 is 0 Å². The largest absolute Gasteiger partial charge is 0.478 e. The molecule has 1 aromatic heterocycles. The van der Waals surface area contributed by atoms with Gasteiger partial charge in [-0.3, -0.25) is 4.90 Å². The number of nitrogens with zero attached hydrogens (tertiary/aromatic N) is 1. The summed E-state index contributed by atoms with van der Waals surface area (Å²) in [6.45, 7) is 2.13. The molecule has 1 saturated heterocycles. The van der Waals surface area contributed by atoms with Crippen molar-refractivity contribution in [2.45, 2.75) is 12.6 Å². The third-order valence-corrected chi connectivity index (χ3v) is 3.68. The lowest BCUT2D eigenvalue weighted by Crippen LogP contribution is -2.43. The molecule has 0 bridgehead atoms. The fourth-order valence-corrected chi connectivity index (χ4v) is 2.68. The standard InChI is InChI=1S/C15H17NO5/c17-9-10-7-16(5-6-20-10)8-13-14(15(18)19)11-3-1-2-4-12(11)21-13/h1-4,10,17H,5-9H2,(H,18,19). The van der Waals surface area contributed by atoms with Gasteiger partial charge in [-0.05, 0) is 6.07 Å². The second kappa shape index (κ2) is 5.85. The fourth-order valence-electron chi connectivity index (χ4n) is 2.68. The Balaban J connectivity index is 1.89. The van der Waals surface area contributed by atoms with Gasteiger partial charge in [0.1, 0.15) is 16.9 Å². The number of ether oxygens (including phenoxy) is 1. The molecule has 0 saturated carbocycles. The summed E-state index contributed by atoms with van der Waals surface area (Å²) >= 11 is 0. The van der Waals surface area contributed by atoms with Crippen LogP contribution in [0.1, 0.15) is 16.1 Å². The number of furan rings is 1. The number of carbonyl (C=O) groups is 1. The third-order valence-electron chi connectivity index (χ3n) is 3.68. The van der Waals surface area contributed by atoms with Crippen molar-refractivity contribution in [1.29, 1.82) is 0 Å². The van der Waals surface area contributed by atoms with E-state index in [0.29, 0.717) is 43.0 Å². The normalized spacial score (nSPS) is 20.0. The average Bonchev–Trinajstić information content (AvgIpc) is 2.85. The van der Waals surface area contributed by atoms with Gasteiger partial charge in [-0.2, -0.15) is 0 Å². The predicted octanol–water partition coefficient (Wildman–Crippen LogP) is 1.32. The van der Waals surface area contributed by atoms with Crippen LogP contribution in [0.4, 0.5) is 0 Å². The number of aliphatic hydroxyl groups excluding tert-OH is 1. The SMILES string of the molecule is O=C(O)c1c(CN2CCOC(CO)C2)oc2ccccc12. The van der Waals surface area contributed by atoms with Gasteiger partial charge in [0.2, 0.25) is 0 Å². The summed E-state index contributed by atoms with van der Waals surface area (Å²) in [6, 6.07) is 7.13. The molecule has 0 spiro atoms. The van der Waals surface area contributed by atoms with E-state index < -0.39 is 5.97 Å². The maximum atomic E-state index is 11.5. The Hall–Kier alpha value is -1.89. The quantitative estimate of drug-likeness (QED) is 0.884. The number of fused-ring (bicyclic) bond motifs is 1. The number of morpholine rings is 1. The highest BCUT2D eigenvalue weighted by atomic mass is 16.5. The van der Waals surface area contributed by atoms with E-state index in [2.05, 4.69) is 0 Å². The fraction of sp³-hybridized carbons (Fsp3) is 0.400. The number of hydrogen-bond acceptors (Lipinski definition) is 5. The number of rotatable bonds is 4. The van der Waals surface area contributed by atoms with Crippen molar-refractivity contribution in [3.05, 3.63) is 35.6 Å². The molecule has 2 aromatic rings. The zero-order valence-corrected chi connectivity index (χ0v) is 11.5. The van der Waals surface area contributed by atoms with Gasteiger partial charge in [0.05, 0.1) is 25.9 Å². The molecule has 2 N–H and O–H groups in total. The number of hydrogen-bond donors (Lipinski definition) is 2. The average molecular weight is 291 g/mol. The first-order chi connectivity index (χ1) is 10.2. The zero-order chi connectivity index (χ0) is 14.8. The van der Waals surface area contributed by atoms with Gasteiger partial charge >= 0.3 is 5.97 Å². The van der Waals surface area contributed by atoms with Crippen LogP contribution in [0.3, 0.4) is 0 Å². The molecule has 1 atom stereocenters. The summed E-state index contributed by atoms with van der Waals surface area (Å²) in [5.74, 6) is -0.538. The van der Waals surface area contributed by atoms with Crippen molar-refractivity contribution >= 4 is 16.9 Å². The maximum absolute atomic E-state index is 11.5. The van der Waals surface area contributed by atoms with Gasteiger partial charge in [0, 0.05) is 18.5 Å². The van der Waals surface area contributed by atoms with Crippen LogP contribution in [0, 0.1) is 0 Å². The van der Waals surface area contributed by atoms with Crippen molar-refractivity contribution in [2.75, 3.05) is 26.3 Å². The van der Waals surface area contributed by atoms with Crippen LogP contribution in [-0.4, -0.2) is 53.5 Å². The Bertz CT molecular complexity index is 651. The molecule has 0 aliphatic carbocycles. The molecule has 1 fully saturated rings. The maximum Gasteiger partial charge on any atom is 0.339 e. The van der Waals surface area contributed by atoms with Crippen molar-refractivity contribution in [1.82, 2.24) is 4.90 Å². The summed E-state index contributed by atoms with van der Waals surface area (Å²) in [4.78, 5) is 13.6. The summed E-state index contributed by atoms with van der Waals surface area (Å²) in [5, 5.41) is 19.2. The number of aromatic carboxylic acids is 1. The first kappa shape index (κ1) is 14.1. The van der Waals surface area contributed by atoms with Crippen LogP contribution in [0.25, 0.3) is 11.0 Å². The van der Waals surface area contributed by atoms with Gasteiger partial charge < -0.3 is 19.4 Å². The summed E-state index contributed by atoms with van der Waals surface area (Å²) in [5.41, 5.74) is 0.800. The van der Waals surface area contributed by atoms with E-state index in [9.17, 15) is 9.90 Å². The highest BCUT2D eigenvalue weighted by Crippen LogP contribution is 2.27. The Morgan fingerprint density at radius 3 is 2.95 bits per heavy atom. The highest BCUT2D eigenvalue weighted by molar-refractivity contribution is 6.03. The van der Waals surface area contributed by atoms with E-state index in [1.807, 2.05) is 11.0 Å². The van der Waals surface area contributed by atoms with Gasteiger partial charge in [0.25, 0.3) is 0 Å². The molecule has 2 heterocycles. The monoisotopic (exact) mass is 291 g/mol. The van der Waals surface area contributed by atoms with Gasteiger partial charge in [-0.1, -0.05) is 18.2 Å². The van der Waals surface area contributed by atoms with Crippen LogP contribution in [0.15, 0.2) is 28.7 Å². The zero-order valence-electron chi connectivity index (χ0n) is 11.5. The van der Waals surface area contributed by atoms with Crippen LogP contribution in [0.5, 0.6) is 0 Å². The summed E-state index contributed by atoms with van der Waals surface area (Å²) < 4.78 is 11.1. The number of carboxylic acid groups (broad SMARTS) is 1. The second-order valence-corrected chi connectivity index (χ2v) is 5.11. The first-order valence-electron chi connectivity index (χ1n) is 6.87. The Morgan fingerprint density at radius 1 is 1.38 bits per heavy atom. The van der Waals surface area contributed by atoms with Crippen LogP contribution in [0.2, 0.25) is 0 Å². The molecule has 112 valence electrons. The van der Waals surface area contributed by atoms with E-state index in [1.54, 1.807) is 18.2 Å². The van der Waals surface area contributed by atoms with Crippen molar-refractivity contribution in [3.63, 3.8) is 0 Å². The topological polar surface area (TPSA) is 83.1 Å².